The number of carbonyl (C=O) groups excluding carboxylic acids is 3. The molecule has 26 nitrogen and oxygen atoms in total. The minimum absolute atomic E-state index is 0.0150. The average molecular weight is 1480 g/mol. The molecule has 110 heavy (non-hydrogen) atoms. The molecule has 0 spiro atoms. The van der Waals surface area contributed by atoms with Gasteiger partial charge in [-0.25, -0.2) is 0 Å². The summed E-state index contributed by atoms with van der Waals surface area (Å²) in [6.07, 6.45) is -2.78. The molecule has 26 heteroatoms. The number of nitrogens with zero attached hydrogens (tertiary/aromatic N) is 8. The topological polar surface area (TPSA) is 292 Å². The number of nitrogens with one attached hydrogen (secondary N) is 4. The van der Waals surface area contributed by atoms with Crippen molar-refractivity contribution in [2.45, 2.75) is 132 Å². The molecule has 6 aromatic heterocycles. The van der Waals surface area contributed by atoms with Crippen molar-refractivity contribution in [3.63, 3.8) is 0 Å². The van der Waals surface area contributed by atoms with Crippen LogP contribution in [-0.2, 0) is 65.2 Å². The van der Waals surface area contributed by atoms with Crippen LogP contribution in [0.3, 0.4) is 0 Å². The molecule has 9 aromatic carbocycles. The number of rotatable bonds is 10. The maximum absolute atomic E-state index is 16.3. The zero-order valence-electron chi connectivity index (χ0n) is 60.8. The van der Waals surface area contributed by atoms with E-state index in [1.54, 1.807) is 82.0 Å². The van der Waals surface area contributed by atoms with Gasteiger partial charge in [-0.1, -0.05) is 18.2 Å². The van der Waals surface area contributed by atoms with E-state index in [1.165, 1.54) is 0 Å². The molecule has 9 N–H and O–H groups in total. The lowest BCUT2D eigenvalue weighted by Gasteiger charge is -2.48. The molecule has 3 fully saturated rings. The van der Waals surface area contributed by atoms with Crippen molar-refractivity contribution in [1.29, 1.82) is 0 Å². The Bertz CT molecular complexity index is 6900. The van der Waals surface area contributed by atoms with Gasteiger partial charge in [-0.05, 0) is 117 Å². The number of fused-ring (bicyclic) bond motifs is 39. The van der Waals surface area contributed by atoms with Crippen LogP contribution in [0, 0.1) is 0 Å². The van der Waals surface area contributed by atoms with Crippen molar-refractivity contribution >= 4 is 149 Å². The summed E-state index contributed by atoms with van der Waals surface area (Å²) in [7, 11) is 6.97. The number of carbonyl (C=O) groups is 3. The first-order chi connectivity index (χ1) is 53.3. The number of aromatic nitrogens is 6. The summed E-state index contributed by atoms with van der Waals surface area (Å²) >= 11 is 0. The van der Waals surface area contributed by atoms with Gasteiger partial charge < -0.3 is 102 Å². The molecular formula is C84H74N12O14. The number of benzene rings is 9. The minimum Gasteiger partial charge on any atom is -0.508 e. The fraction of sp³-hybridized carbons (Fsp3) is 0.321. The number of hydrogen-bond donors (Lipinski definition) is 9. The molecule has 12 atom stereocenters. The molecule has 0 saturated carbocycles. The van der Waals surface area contributed by atoms with Gasteiger partial charge in [0.2, 0.25) is 0 Å². The Labute approximate surface area is 623 Å². The third kappa shape index (κ3) is 7.39. The SMILES string of the molecule is CN[C@@H]1C[C@H]2O[C@@](C)([C@@H]1OC)n1c3cc(O)ccc3c3c4c(c5c6ccc(O)cc6n2c5c31)C(=O)N(CN[C@@H]1C[C@H]2O[C@@](C)([C@@H]1OC)n1c3ccc(O)cc3c3c5c(c6c7ccc(O)cc7n2c6c31)C(=O)N(CN[C@@H]1C[C@H]2O[C@@](C)([C@@H]1OC)n1c3ccccc3c3c6c(c7c8ccc(O)cc8n2c7c31)C(=O)NC6)C5)C4. The van der Waals surface area contributed by atoms with Crippen LogP contribution in [0.1, 0.15) is 106 Å². The molecule has 0 radical (unpaired) electrons. The lowest BCUT2D eigenvalue weighted by Crippen LogP contribution is -2.61. The van der Waals surface area contributed by atoms with Gasteiger partial charge in [-0.3, -0.25) is 25.0 Å². The Kier molecular flexibility index (Phi) is 12.2. The predicted molar refractivity (Wildman–Crippen MR) is 411 cm³/mol. The summed E-state index contributed by atoms with van der Waals surface area (Å²) in [6.45, 7) is 6.96. The van der Waals surface area contributed by atoms with Gasteiger partial charge in [-0.15, -0.1) is 0 Å². The molecular weight excluding hydrogens is 1400 g/mol. The van der Waals surface area contributed by atoms with E-state index in [4.69, 9.17) is 28.4 Å². The van der Waals surface area contributed by atoms with Crippen molar-refractivity contribution in [2.75, 3.05) is 41.7 Å². The van der Waals surface area contributed by atoms with E-state index in [0.717, 1.165) is 109 Å². The molecule has 15 heterocycles. The van der Waals surface area contributed by atoms with Gasteiger partial charge in [0.05, 0.1) is 96.2 Å². The Morgan fingerprint density at radius 3 is 1.27 bits per heavy atom. The number of para-hydroxylation sites is 1. The number of ether oxygens (including phenoxy) is 6. The van der Waals surface area contributed by atoms with E-state index in [-0.39, 0.29) is 78.9 Å². The third-order valence-electron chi connectivity index (χ3n) is 26.9. The molecule has 15 aromatic rings. The van der Waals surface area contributed by atoms with Crippen LogP contribution < -0.4 is 21.3 Å². The highest BCUT2D eigenvalue weighted by Gasteiger charge is 2.58. The van der Waals surface area contributed by atoms with Crippen LogP contribution in [0.2, 0.25) is 0 Å². The van der Waals surface area contributed by atoms with Gasteiger partial charge in [-0.2, -0.15) is 0 Å². The normalized spacial score (nSPS) is 27.1. The van der Waals surface area contributed by atoms with Gasteiger partial charge in [0.25, 0.3) is 17.7 Å². The van der Waals surface area contributed by atoms with Crippen molar-refractivity contribution < 1.29 is 68.3 Å². The minimum atomic E-state index is -1.35. The zero-order valence-corrected chi connectivity index (χ0v) is 60.8. The Morgan fingerprint density at radius 1 is 0.427 bits per heavy atom. The standard InChI is InChI=1S/C84H74N12O14/c1-82-76(105-5)49(85-4)27-58(108-82)91-55-24-37(99)13-18-42(55)65-68-47(62-44-20-15-39(101)26-57(44)96(82)74(62)71(65)91)31-89(80(68)103)33-87-51-29-60-93-56-25-38(100)14-19-43(56)66-69-48(63-45-22-35(97)16-21-53(45)95(75(63)72(66)93)84(3,110-60)78(51)107-7)32-90(81(69)104)34-88-50-28-59-92-54-23-36(98)12-17-41(54)64-67-46(30-86-79(67)102)61-40-10-8-9-11-52(40)94(73(61)70(64)92)83(2,109-59)77(50)106-6/h8-26,49-51,58-60,76-78,85,87-88,97-101H,27-34H2,1-7H3,(H,86,102)/t49-,50-,51-,58-,59-,60-,76-,77-,78-,82+,83+,84+/m1/s1. The first-order valence-corrected chi connectivity index (χ1v) is 37.6. The Morgan fingerprint density at radius 2 is 0.800 bits per heavy atom. The van der Waals surface area contributed by atoms with Crippen molar-refractivity contribution in [3.8, 4) is 28.7 Å². The van der Waals surface area contributed by atoms with Crippen LogP contribution in [0.5, 0.6) is 28.7 Å². The van der Waals surface area contributed by atoms with Crippen LogP contribution in [0.4, 0.5) is 0 Å². The van der Waals surface area contributed by atoms with E-state index < -0.39 is 66.3 Å². The molecule has 0 unspecified atom stereocenters. The van der Waals surface area contributed by atoms with E-state index in [9.17, 15) is 30.3 Å². The molecule has 3 amide bonds. The van der Waals surface area contributed by atoms with Crippen LogP contribution in [-0.4, -0.2) is 159 Å². The summed E-state index contributed by atoms with van der Waals surface area (Å²) in [6, 6.07) is 33.5. The van der Waals surface area contributed by atoms with Gasteiger partial charge >= 0.3 is 0 Å². The number of amides is 3. The first-order valence-electron chi connectivity index (χ1n) is 37.6. The summed E-state index contributed by atoms with van der Waals surface area (Å²) in [5, 5.41) is 81.4. The lowest BCUT2D eigenvalue weighted by molar-refractivity contribution is -0.257. The molecule has 9 aliphatic heterocycles. The van der Waals surface area contributed by atoms with Crippen molar-refractivity contribution in [1.82, 2.24) is 58.5 Å². The second-order valence-electron chi connectivity index (χ2n) is 32.1. The van der Waals surface area contributed by atoms with Crippen LogP contribution in [0.15, 0.2) is 115 Å². The highest BCUT2D eigenvalue weighted by molar-refractivity contribution is 6.34. The van der Waals surface area contributed by atoms with Crippen molar-refractivity contribution in [3.05, 3.63) is 149 Å². The highest BCUT2D eigenvalue weighted by atomic mass is 16.6. The Balaban J connectivity index is 0.621. The molecule has 9 aliphatic rings. The molecule has 24 rings (SSSR count). The summed E-state index contributed by atoms with van der Waals surface area (Å²) in [4.78, 5) is 50.3. The molecule has 6 bridgehead atoms. The second kappa shape index (κ2) is 21.0. The predicted octanol–water partition coefficient (Wildman–Crippen LogP) is 11.7. The molecule has 554 valence electrons. The average Bonchev–Trinajstić information content (AvgIpc) is 1.51. The number of likely N-dealkylation sites (N-methyl/N-ethyl adjacent to an activating group) is 1. The summed E-state index contributed by atoms with van der Waals surface area (Å²) < 4.78 is 55.5. The van der Waals surface area contributed by atoms with Gasteiger partial charge in [0, 0.05) is 167 Å². The maximum atomic E-state index is 16.3. The smallest absolute Gasteiger partial charge is 0.256 e. The third-order valence-corrected chi connectivity index (χ3v) is 26.9. The first kappa shape index (κ1) is 63.7. The second-order valence-corrected chi connectivity index (χ2v) is 32.1. The van der Waals surface area contributed by atoms with E-state index >= 15 is 9.59 Å². The largest absolute Gasteiger partial charge is 0.508 e. The van der Waals surface area contributed by atoms with E-state index in [1.807, 2.05) is 73.2 Å². The summed E-state index contributed by atoms with van der Waals surface area (Å²) in [5.41, 5.74) is 9.59. The van der Waals surface area contributed by atoms with Gasteiger partial charge in [0.15, 0.2) is 17.2 Å². The van der Waals surface area contributed by atoms with E-state index in [2.05, 4.69) is 67.7 Å². The number of hydrogen-bond acceptors (Lipinski definition) is 17. The molecule has 0 aliphatic carbocycles. The number of aromatic hydroxyl groups is 5. The van der Waals surface area contributed by atoms with Gasteiger partial charge in [0.1, 0.15) is 65.7 Å². The zero-order chi connectivity index (χ0) is 74.4. The number of phenolic OH excluding ortho intramolecular Hbond substituents is 5. The lowest BCUT2D eigenvalue weighted by atomic mass is 9.92. The fourth-order valence-corrected chi connectivity index (χ4v) is 23.0. The maximum Gasteiger partial charge on any atom is 0.256 e. The molecule has 3 saturated heterocycles. The van der Waals surface area contributed by atoms with E-state index in [0.29, 0.717) is 80.9 Å². The van der Waals surface area contributed by atoms with Crippen LogP contribution >= 0.6 is 0 Å². The van der Waals surface area contributed by atoms with Crippen LogP contribution in [0.25, 0.3) is 131 Å². The quantitative estimate of drug-likeness (QED) is 0.0615. The fourth-order valence-electron chi connectivity index (χ4n) is 23.0. The summed E-state index contributed by atoms with van der Waals surface area (Å²) in [5.74, 6) is -0.340. The monoisotopic (exact) mass is 1470 g/mol. The van der Waals surface area contributed by atoms with Crippen molar-refractivity contribution in [2.24, 2.45) is 0 Å². The number of phenols is 5. The highest BCUT2D eigenvalue weighted by Crippen LogP contribution is 2.60. The Hall–Kier alpha value is -11.2. The number of methoxy groups -OCH3 is 3.